The minimum Gasteiger partial charge on any atom is -0.0930 e. The molecule has 1 heteroatoms. The lowest BCUT2D eigenvalue weighted by Crippen LogP contribution is -2.13. The SMILES string of the molecule is CC1=CC=C[SiH]1C(C)C. The summed E-state index contributed by atoms with van der Waals surface area (Å²) in [6.07, 6.45) is 4.48. The van der Waals surface area contributed by atoms with Gasteiger partial charge in [0.25, 0.3) is 0 Å². The second-order valence-electron chi connectivity index (χ2n) is 3.07. The zero-order valence-electron chi connectivity index (χ0n) is 6.39. The van der Waals surface area contributed by atoms with Crippen molar-refractivity contribution in [1.29, 1.82) is 0 Å². The van der Waals surface area contributed by atoms with Crippen molar-refractivity contribution in [1.82, 2.24) is 0 Å². The van der Waals surface area contributed by atoms with Gasteiger partial charge >= 0.3 is 0 Å². The van der Waals surface area contributed by atoms with Crippen LogP contribution in [-0.4, -0.2) is 8.80 Å². The Hall–Kier alpha value is -0.303. The summed E-state index contributed by atoms with van der Waals surface area (Å²) >= 11 is 0. The lowest BCUT2D eigenvalue weighted by Gasteiger charge is -2.11. The van der Waals surface area contributed by atoms with E-state index < -0.39 is 8.80 Å². The largest absolute Gasteiger partial charge is 0.0930 e. The van der Waals surface area contributed by atoms with Crippen molar-refractivity contribution in [2.24, 2.45) is 0 Å². The average Bonchev–Trinajstić information content (AvgIpc) is 2.13. The molecule has 0 aliphatic carbocycles. The van der Waals surface area contributed by atoms with Crippen LogP contribution in [0.1, 0.15) is 20.8 Å². The Morgan fingerprint density at radius 3 is 2.33 bits per heavy atom. The second-order valence-corrected chi connectivity index (χ2v) is 6.75. The van der Waals surface area contributed by atoms with Crippen LogP contribution >= 0.6 is 0 Å². The maximum atomic E-state index is 2.42. The molecule has 0 aromatic rings. The van der Waals surface area contributed by atoms with Gasteiger partial charge in [-0.2, -0.15) is 0 Å². The Morgan fingerprint density at radius 2 is 2.11 bits per heavy atom. The van der Waals surface area contributed by atoms with Gasteiger partial charge in [0.2, 0.25) is 0 Å². The topological polar surface area (TPSA) is 0 Å². The average molecular weight is 138 g/mol. The predicted molar refractivity (Wildman–Crippen MR) is 45.1 cm³/mol. The van der Waals surface area contributed by atoms with Crippen molar-refractivity contribution in [3.63, 3.8) is 0 Å². The first-order chi connectivity index (χ1) is 4.22. The summed E-state index contributed by atoms with van der Waals surface area (Å²) < 4.78 is 0. The summed E-state index contributed by atoms with van der Waals surface area (Å²) in [5.74, 6) is 0. The second kappa shape index (κ2) is 2.52. The normalized spacial score (nSPS) is 25.3. The minimum atomic E-state index is -0.568. The first-order valence-electron chi connectivity index (χ1n) is 3.57. The van der Waals surface area contributed by atoms with Crippen LogP contribution in [0.2, 0.25) is 5.54 Å². The molecule has 1 atom stereocenters. The highest BCUT2D eigenvalue weighted by atomic mass is 28.3. The summed E-state index contributed by atoms with van der Waals surface area (Å²) in [6, 6.07) is 0. The Morgan fingerprint density at radius 1 is 1.44 bits per heavy atom. The fourth-order valence-corrected chi connectivity index (χ4v) is 3.82. The fraction of sp³-hybridized carbons (Fsp3) is 0.500. The monoisotopic (exact) mass is 138 g/mol. The van der Waals surface area contributed by atoms with E-state index >= 15 is 0 Å². The van der Waals surface area contributed by atoms with Crippen LogP contribution in [-0.2, 0) is 0 Å². The van der Waals surface area contributed by atoms with E-state index in [2.05, 4.69) is 38.6 Å². The molecule has 1 rings (SSSR count). The standard InChI is InChI=1S/C8H14Si/c1-7(2)9-6-4-5-8(9)3/h4-7,9H,1-3H3. The van der Waals surface area contributed by atoms with Crippen molar-refractivity contribution in [3.8, 4) is 0 Å². The molecule has 0 N–H and O–H groups in total. The van der Waals surface area contributed by atoms with Gasteiger partial charge in [-0.3, -0.25) is 0 Å². The number of rotatable bonds is 1. The van der Waals surface area contributed by atoms with Crippen LogP contribution < -0.4 is 0 Å². The lowest BCUT2D eigenvalue weighted by molar-refractivity contribution is 1.05. The van der Waals surface area contributed by atoms with Gasteiger partial charge in [0.05, 0.1) is 8.80 Å². The Bertz CT molecular complexity index is 154. The molecule has 0 amide bonds. The van der Waals surface area contributed by atoms with Gasteiger partial charge < -0.3 is 0 Å². The van der Waals surface area contributed by atoms with Crippen LogP contribution in [0, 0.1) is 0 Å². The van der Waals surface area contributed by atoms with Gasteiger partial charge in [-0.1, -0.05) is 36.9 Å². The van der Waals surface area contributed by atoms with Crippen molar-refractivity contribution >= 4 is 8.80 Å². The molecule has 0 saturated carbocycles. The van der Waals surface area contributed by atoms with Gasteiger partial charge in [-0.05, 0) is 12.5 Å². The minimum absolute atomic E-state index is 0.568. The third-order valence-electron chi connectivity index (χ3n) is 1.92. The van der Waals surface area contributed by atoms with Gasteiger partial charge in [0.1, 0.15) is 0 Å². The van der Waals surface area contributed by atoms with E-state index in [9.17, 15) is 0 Å². The van der Waals surface area contributed by atoms with Crippen molar-refractivity contribution in [3.05, 3.63) is 23.0 Å². The molecule has 1 aliphatic heterocycles. The van der Waals surface area contributed by atoms with Crippen molar-refractivity contribution < 1.29 is 0 Å². The highest BCUT2D eigenvalue weighted by Crippen LogP contribution is 2.20. The van der Waals surface area contributed by atoms with Crippen LogP contribution in [0.25, 0.3) is 0 Å². The van der Waals surface area contributed by atoms with Crippen LogP contribution in [0.5, 0.6) is 0 Å². The van der Waals surface area contributed by atoms with Gasteiger partial charge in [0.15, 0.2) is 0 Å². The van der Waals surface area contributed by atoms with Crippen LogP contribution in [0.15, 0.2) is 23.0 Å². The molecule has 1 unspecified atom stereocenters. The maximum absolute atomic E-state index is 2.42. The van der Waals surface area contributed by atoms with E-state index in [4.69, 9.17) is 0 Å². The quantitative estimate of drug-likeness (QED) is 0.487. The summed E-state index contributed by atoms with van der Waals surface area (Å²) in [7, 11) is -0.568. The molecular formula is C8H14Si. The molecule has 0 saturated heterocycles. The van der Waals surface area contributed by atoms with Crippen LogP contribution in [0.3, 0.4) is 0 Å². The smallest absolute Gasteiger partial charge is 0.0910 e. The summed E-state index contributed by atoms with van der Waals surface area (Å²) in [4.78, 5) is 0. The van der Waals surface area contributed by atoms with E-state index in [1.54, 1.807) is 5.20 Å². The fourth-order valence-electron chi connectivity index (χ4n) is 1.34. The maximum Gasteiger partial charge on any atom is 0.0910 e. The van der Waals surface area contributed by atoms with Gasteiger partial charge in [0, 0.05) is 0 Å². The first-order valence-corrected chi connectivity index (χ1v) is 5.48. The summed E-state index contributed by atoms with van der Waals surface area (Å²) in [5.41, 5.74) is 3.32. The molecule has 0 radical (unpaired) electrons. The molecule has 9 heavy (non-hydrogen) atoms. The summed E-state index contributed by atoms with van der Waals surface area (Å²) in [5, 5.41) is 1.64. The molecule has 0 spiro atoms. The Kier molecular flexibility index (Phi) is 1.91. The van der Waals surface area contributed by atoms with Gasteiger partial charge in [-0.15, -0.1) is 0 Å². The number of hydrogen-bond acceptors (Lipinski definition) is 0. The van der Waals surface area contributed by atoms with E-state index in [1.807, 2.05) is 0 Å². The first kappa shape index (κ1) is 6.81. The zero-order valence-corrected chi connectivity index (χ0v) is 7.54. The predicted octanol–water partition coefficient (Wildman–Crippen LogP) is 2.22. The van der Waals surface area contributed by atoms with Crippen molar-refractivity contribution in [2.75, 3.05) is 0 Å². The number of allylic oxidation sites excluding steroid dienone is 3. The molecular weight excluding hydrogens is 124 g/mol. The van der Waals surface area contributed by atoms with Crippen LogP contribution in [0.4, 0.5) is 0 Å². The van der Waals surface area contributed by atoms with E-state index in [0.29, 0.717) is 0 Å². The highest BCUT2D eigenvalue weighted by molar-refractivity contribution is 6.73. The van der Waals surface area contributed by atoms with Crippen molar-refractivity contribution in [2.45, 2.75) is 26.3 Å². The molecule has 0 bridgehead atoms. The molecule has 1 aliphatic rings. The third kappa shape index (κ3) is 1.33. The third-order valence-corrected chi connectivity index (χ3v) is 5.24. The molecule has 0 aromatic carbocycles. The number of hydrogen-bond donors (Lipinski definition) is 0. The molecule has 50 valence electrons. The lowest BCUT2D eigenvalue weighted by atomic mass is 10.5. The summed E-state index contributed by atoms with van der Waals surface area (Å²) in [6.45, 7) is 6.91. The molecule has 0 fully saturated rings. The van der Waals surface area contributed by atoms with E-state index in [1.165, 1.54) is 0 Å². The Labute approximate surface area is 58.9 Å². The highest BCUT2D eigenvalue weighted by Gasteiger charge is 2.15. The Balaban J connectivity index is 2.63. The molecule has 0 aromatic heterocycles. The molecule has 0 nitrogen and oxygen atoms in total. The van der Waals surface area contributed by atoms with E-state index in [-0.39, 0.29) is 0 Å². The van der Waals surface area contributed by atoms with Gasteiger partial charge in [-0.25, -0.2) is 0 Å². The zero-order chi connectivity index (χ0) is 6.85. The molecule has 1 heterocycles. The van der Waals surface area contributed by atoms with E-state index in [0.717, 1.165) is 5.54 Å².